The van der Waals surface area contributed by atoms with Gasteiger partial charge in [0.2, 0.25) is 0 Å². The lowest BCUT2D eigenvalue weighted by atomic mass is 10.2. The van der Waals surface area contributed by atoms with Crippen molar-refractivity contribution >= 4 is 34.9 Å². The van der Waals surface area contributed by atoms with Gasteiger partial charge in [-0.2, -0.15) is 5.26 Å². The second-order valence-electron chi connectivity index (χ2n) is 3.91. The van der Waals surface area contributed by atoms with Crippen molar-refractivity contribution in [2.24, 2.45) is 0 Å². The standard InChI is InChI=1S/C13H7N3OS3/c14-6-7-11(15-13(18)16-12(7)17)10-4-3-9(20-10)8-2-1-5-19-8/h1-5H,(H2,15,16,17,18). The molecule has 0 radical (unpaired) electrons. The van der Waals surface area contributed by atoms with Crippen LogP contribution in [0.2, 0.25) is 0 Å². The second kappa shape index (κ2) is 5.17. The van der Waals surface area contributed by atoms with E-state index < -0.39 is 5.56 Å². The van der Waals surface area contributed by atoms with Crippen LogP contribution >= 0.6 is 34.9 Å². The van der Waals surface area contributed by atoms with Crippen molar-refractivity contribution in [2.75, 3.05) is 0 Å². The summed E-state index contributed by atoms with van der Waals surface area (Å²) in [5.74, 6) is 0. The van der Waals surface area contributed by atoms with Crippen LogP contribution in [-0.2, 0) is 0 Å². The predicted molar refractivity (Wildman–Crippen MR) is 83.6 cm³/mol. The minimum atomic E-state index is -0.461. The van der Waals surface area contributed by atoms with Crippen LogP contribution in [0, 0.1) is 16.1 Å². The molecule has 0 aliphatic heterocycles. The Hall–Kier alpha value is -2.01. The number of thiophene rings is 2. The van der Waals surface area contributed by atoms with Crippen molar-refractivity contribution in [1.29, 1.82) is 5.26 Å². The van der Waals surface area contributed by atoms with Crippen LogP contribution < -0.4 is 5.56 Å². The summed E-state index contributed by atoms with van der Waals surface area (Å²) in [5.41, 5.74) is 0.0737. The third kappa shape index (κ3) is 2.25. The predicted octanol–water partition coefficient (Wildman–Crippen LogP) is 3.76. The summed E-state index contributed by atoms with van der Waals surface area (Å²) in [7, 11) is 0. The summed E-state index contributed by atoms with van der Waals surface area (Å²) in [6, 6.07) is 9.81. The van der Waals surface area contributed by atoms with Gasteiger partial charge in [-0.3, -0.25) is 9.78 Å². The maximum atomic E-state index is 11.7. The molecule has 0 saturated heterocycles. The average Bonchev–Trinajstić information content (AvgIpc) is 3.09. The Labute approximate surface area is 127 Å². The van der Waals surface area contributed by atoms with Crippen LogP contribution in [0.25, 0.3) is 20.3 Å². The molecule has 0 aliphatic rings. The van der Waals surface area contributed by atoms with Gasteiger partial charge in [-0.15, -0.1) is 22.7 Å². The first kappa shape index (κ1) is 13.0. The van der Waals surface area contributed by atoms with Gasteiger partial charge in [-0.05, 0) is 35.8 Å². The summed E-state index contributed by atoms with van der Waals surface area (Å²) in [4.78, 5) is 20.1. The molecule has 3 rings (SSSR count). The van der Waals surface area contributed by atoms with Gasteiger partial charge in [0.25, 0.3) is 5.56 Å². The van der Waals surface area contributed by atoms with E-state index >= 15 is 0 Å². The van der Waals surface area contributed by atoms with Crippen LogP contribution in [0.4, 0.5) is 0 Å². The minimum Gasteiger partial charge on any atom is -0.330 e. The molecule has 0 bridgehead atoms. The van der Waals surface area contributed by atoms with Gasteiger partial charge in [0, 0.05) is 9.75 Å². The van der Waals surface area contributed by atoms with Crippen molar-refractivity contribution in [3.63, 3.8) is 0 Å². The number of hydrogen-bond donors (Lipinski definition) is 2. The highest BCUT2D eigenvalue weighted by Crippen LogP contribution is 2.36. The molecule has 7 heteroatoms. The fourth-order valence-electron chi connectivity index (χ4n) is 1.80. The number of rotatable bonds is 2. The number of nitrogens with zero attached hydrogens (tertiary/aromatic N) is 1. The molecule has 98 valence electrons. The van der Waals surface area contributed by atoms with Gasteiger partial charge in [0.05, 0.1) is 10.6 Å². The third-order valence-corrected chi connectivity index (χ3v) is 5.04. The normalized spacial score (nSPS) is 10.3. The Bertz CT molecular complexity index is 909. The summed E-state index contributed by atoms with van der Waals surface area (Å²) in [6.45, 7) is 0. The Morgan fingerprint density at radius 1 is 1.15 bits per heavy atom. The highest BCUT2D eigenvalue weighted by atomic mass is 32.1. The number of nitriles is 1. The maximum absolute atomic E-state index is 11.7. The molecule has 3 aromatic rings. The lowest BCUT2D eigenvalue weighted by Gasteiger charge is -2.00. The van der Waals surface area contributed by atoms with E-state index in [1.807, 2.05) is 35.7 Å². The average molecular weight is 317 g/mol. The molecule has 3 aromatic heterocycles. The molecule has 2 N–H and O–H groups in total. The Balaban J connectivity index is 2.18. The monoisotopic (exact) mass is 317 g/mol. The first-order chi connectivity index (χ1) is 9.69. The molecule has 4 nitrogen and oxygen atoms in total. The Morgan fingerprint density at radius 2 is 1.95 bits per heavy atom. The van der Waals surface area contributed by atoms with E-state index in [1.165, 1.54) is 11.3 Å². The lowest BCUT2D eigenvalue weighted by Crippen LogP contribution is -2.13. The minimum absolute atomic E-state index is 0.0539. The quantitative estimate of drug-likeness (QED) is 0.707. The van der Waals surface area contributed by atoms with Crippen molar-refractivity contribution in [3.8, 4) is 26.4 Å². The van der Waals surface area contributed by atoms with Crippen LogP contribution in [-0.4, -0.2) is 9.97 Å². The summed E-state index contributed by atoms with van der Waals surface area (Å²) in [5, 5.41) is 11.1. The van der Waals surface area contributed by atoms with E-state index in [1.54, 1.807) is 11.3 Å². The van der Waals surface area contributed by atoms with E-state index in [0.717, 1.165) is 14.6 Å². The van der Waals surface area contributed by atoms with Crippen LogP contribution in [0.3, 0.4) is 0 Å². The molecule has 0 atom stereocenters. The third-order valence-electron chi connectivity index (χ3n) is 2.67. The van der Waals surface area contributed by atoms with Crippen molar-refractivity contribution in [3.05, 3.63) is 50.3 Å². The largest absolute Gasteiger partial charge is 0.330 e. The molecular weight excluding hydrogens is 310 g/mol. The molecule has 0 amide bonds. The summed E-state index contributed by atoms with van der Waals surface area (Å²) >= 11 is 8.13. The first-order valence-electron chi connectivity index (χ1n) is 5.60. The molecule has 3 heterocycles. The Kier molecular flexibility index (Phi) is 3.36. The number of aromatic nitrogens is 2. The van der Waals surface area contributed by atoms with Crippen LogP contribution in [0.1, 0.15) is 5.56 Å². The van der Waals surface area contributed by atoms with E-state index in [4.69, 9.17) is 17.5 Å². The van der Waals surface area contributed by atoms with Gasteiger partial charge in [0.15, 0.2) is 4.77 Å². The van der Waals surface area contributed by atoms with Gasteiger partial charge >= 0.3 is 0 Å². The van der Waals surface area contributed by atoms with E-state index in [9.17, 15) is 4.79 Å². The van der Waals surface area contributed by atoms with E-state index in [2.05, 4.69) is 9.97 Å². The highest BCUT2D eigenvalue weighted by Gasteiger charge is 2.13. The van der Waals surface area contributed by atoms with E-state index in [0.29, 0.717) is 5.69 Å². The fourth-order valence-corrected chi connectivity index (χ4v) is 3.84. The zero-order valence-corrected chi connectivity index (χ0v) is 12.4. The number of hydrogen-bond acceptors (Lipinski definition) is 5. The van der Waals surface area contributed by atoms with Crippen molar-refractivity contribution in [2.45, 2.75) is 0 Å². The number of aromatic amines is 2. The molecule has 0 aromatic carbocycles. The zero-order chi connectivity index (χ0) is 14.1. The summed E-state index contributed by atoms with van der Waals surface area (Å²) < 4.78 is 0.218. The summed E-state index contributed by atoms with van der Waals surface area (Å²) in [6.07, 6.45) is 0. The lowest BCUT2D eigenvalue weighted by molar-refractivity contribution is 1.08. The van der Waals surface area contributed by atoms with Gasteiger partial charge in [0.1, 0.15) is 11.6 Å². The van der Waals surface area contributed by atoms with Gasteiger partial charge in [-0.1, -0.05) is 6.07 Å². The van der Waals surface area contributed by atoms with E-state index in [-0.39, 0.29) is 10.3 Å². The SMILES string of the molecule is N#Cc1c(-c2ccc(-c3cccs3)s2)[nH]c(=S)[nH]c1=O. The molecule has 0 aliphatic carbocycles. The van der Waals surface area contributed by atoms with Crippen LogP contribution in [0.5, 0.6) is 0 Å². The van der Waals surface area contributed by atoms with Gasteiger partial charge < -0.3 is 4.98 Å². The molecule has 0 spiro atoms. The number of H-pyrrole nitrogens is 2. The zero-order valence-electron chi connectivity index (χ0n) is 9.97. The highest BCUT2D eigenvalue weighted by molar-refractivity contribution is 7.71. The topological polar surface area (TPSA) is 72.4 Å². The Morgan fingerprint density at radius 3 is 2.65 bits per heavy atom. The number of nitrogens with one attached hydrogen (secondary N) is 2. The molecule has 0 fully saturated rings. The first-order valence-corrected chi connectivity index (χ1v) is 7.70. The van der Waals surface area contributed by atoms with Gasteiger partial charge in [-0.25, -0.2) is 0 Å². The molecule has 0 unspecified atom stereocenters. The molecule has 20 heavy (non-hydrogen) atoms. The molecular formula is C13H7N3OS3. The maximum Gasteiger partial charge on any atom is 0.270 e. The fraction of sp³-hybridized carbons (Fsp3) is 0. The molecule has 0 saturated carbocycles. The van der Waals surface area contributed by atoms with Crippen molar-refractivity contribution in [1.82, 2.24) is 9.97 Å². The van der Waals surface area contributed by atoms with Crippen LogP contribution in [0.15, 0.2) is 34.4 Å². The van der Waals surface area contributed by atoms with Crippen molar-refractivity contribution < 1.29 is 0 Å². The smallest absolute Gasteiger partial charge is 0.270 e. The second-order valence-corrected chi connectivity index (χ2v) is 6.35.